The Balaban J connectivity index is 2.49. The molecule has 0 heterocycles. The van der Waals surface area contributed by atoms with Crippen LogP contribution in [0.4, 0.5) is 0 Å². The lowest BCUT2D eigenvalue weighted by molar-refractivity contribution is 0.00597. The zero-order valence-electron chi connectivity index (χ0n) is 8.60. The van der Waals surface area contributed by atoms with Crippen LogP contribution in [0.5, 0.6) is 0 Å². The summed E-state index contributed by atoms with van der Waals surface area (Å²) in [6.45, 7) is 4.36. The summed E-state index contributed by atoms with van der Waals surface area (Å²) in [4.78, 5) is 0. The van der Waals surface area contributed by atoms with Gasteiger partial charge >= 0.3 is 0 Å². The second kappa shape index (κ2) is 4.82. The largest absolute Gasteiger partial charge is 0.516 e. The molecule has 0 aliphatic carbocycles. The molecule has 0 bridgehead atoms. The molecule has 76 valence electrons. The van der Waals surface area contributed by atoms with E-state index in [1.165, 1.54) is 0 Å². The average Bonchev–Trinajstić information content (AvgIpc) is 2.17. The fourth-order valence-corrected chi connectivity index (χ4v) is 1.07. The molecule has 1 aromatic carbocycles. The molecule has 2 nitrogen and oxygen atoms in total. The Kier molecular flexibility index (Phi) is 3.72. The van der Waals surface area contributed by atoms with Gasteiger partial charge in [-0.05, 0) is 25.5 Å². The fraction of sp³-hybridized carbons (Fsp3) is 0.333. The van der Waals surface area contributed by atoms with E-state index in [1.807, 2.05) is 44.2 Å². The lowest BCUT2D eigenvalue weighted by atomic mass is 10.1. The second-order valence-electron chi connectivity index (χ2n) is 3.69. The van der Waals surface area contributed by atoms with Crippen molar-refractivity contribution < 1.29 is 9.84 Å². The highest BCUT2D eigenvalue weighted by molar-refractivity contribution is 5.13. The van der Waals surface area contributed by atoms with Gasteiger partial charge in [0.25, 0.3) is 0 Å². The monoisotopic (exact) mass is 192 g/mol. The van der Waals surface area contributed by atoms with Crippen molar-refractivity contribution in [2.24, 2.45) is 0 Å². The van der Waals surface area contributed by atoms with Gasteiger partial charge in [0.15, 0.2) is 0 Å². The summed E-state index contributed by atoms with van der Waals surface area (Å²) in [7, 11) is 0. The topological polar surface area (TPSA) is 29.5 Å². The number of rotatable bonds is 4. The molecule has 0 fully saturated rings. The standard InChI is InChI=1S/C12H16O2/c1-12(2,8-9-13)14-10-11-6-4-3-5-7-11/h3-9,13H,10H2,1-2H3. The number of aliphatic hydroxyl groups excluding tert-OH is 1. The third kappa shape index (κ3) is 3.62. The zero-order valence-corrected chi connectivity index (χ0v) is 8.60. The van der Waals surface area contributed by atoms with Crippen molar-refractivity contribution in [3.8, 4) is 0 Å². The maximum atomic E-state index is 8.64. The van der Waals surface area contributed by atoms with Gasteiger partial charge in [-0.3, -0.25) is 0 Å². The molecule has 14 heavy (non-hydrogen) atoms. The first-order valence-corrected chi connectivity index (χ1v) is 4.64. The first kappa shape index (κ1) is 10.8. The SMILES string of the molecule is CC(C)(C=CO)OCc1ccccc1. The van der Waals surface area contributed by atoms with Crippen LogP contribution in [-0.4, -0.2) is 10.7 Å². The molecule has 0 aromatic heterocycles. The Bertz CT molecular complexity index is 288. The Morgan fingerprint density at radius 1 is 1.29 bits per heavy atom. The molecule has 1 rings (SSSR count). The third-order valence-corrected chi connectivity index (χ3v) is 1.93. The van der Waals surface area contributed by atoms with E-state index >= 15 is 0 Å². The minimum atomic E-state index is -0.426. The predicted octanol–water partition coefficient (Wildman–Crippen LogP) is 3.05. The average molecular weight is 192 g/mol. The highest BCUT2D eigenvalue weighted by Crippen LogP contribution is 2.13. The van der Waals surface area contributed by atoms with E-state index in [4.69, 9.17) is 9.84 Å². The van der Waals surface area contributed by atoms with E-state index in [1.54, 1.807) is 6.08 Å². The Morgan fingerprint density at radius 3 is 2.50 bits per heavy atom. The number of benzene rings is 1. The molecule has 1 aromatic rings. The van der Waals surface area contributed by atoms with Crippen molar-refractivity contribution in [1.82, 2.24) is 0 Å². The van der Waals surface area contributed by atoms with Gasteiger partial charge in [0.05, 0.1) is 18.5 Å². The van der Waals surface area contributed by atoms with Crippen molar-refractivity contribution >= 4 is 0 Å². The van der Waals surface area contributed by atoms with Gasteiger partial charge < -0.3 is 9.84 Å². The summed E-state index contributed by atoms with van der Waals surface area (Å²) in [6.07, 6.45) is 2.64. The van der Waals surface area contributed by atoms with Crippen LogP contribution < -0.4 is 0 Å². The van der Waals surface area contributed by atoms with Gasteiger partial charge in [-0.15, -0.1) is 0 Å². The first-order valence-electron chi connectivity index (χ1n) is 4.64. The molecular weight excluding hydrogens is 176 g/mol. The van der Waals surface area contributed by atoms with Crippen molar-refractivity contribution in [1.29, 1.82) is 0 Å². The maximum Gasteiger partial charge on any atom is 0.0843 e. The normalized spacial score (nSPS) is 12.1. The quantitative estimate of drug-likeness (QED) is 0.743. The molecule has 0 unspecified atom stereocenters. The summed E-state index contributed by atoms with van der Waals surface area (Å²) >= 11 is 0. The molecule has 0 saturated carbocycles. The Hall–Kier alpha value is -1.28. The van der Waals surface area contributed by atoms with Crippen molar-refractivity contribution in [2.75, 3.05) is 0 Å². The van der Waals surface area contributed by atoms with Crippen LogP contribution in [0.15, 0.2) is 42.7 Å². The number of hydrogen-bond donors (Lipinski definition) is 1. The molecule has 0 radical (unpaired) electrons. The summed E-state index contributed by atoms with van der Waals surface area (Å²) in [5, 5.41) is 8.64. The third-order valence-electron chi connectivity index (χ3n) is 1.93. The van der Waals surface area contributed by atoms with E-state index in [0.29, 0.717) is 6.61 Å². The highest BCUT2D eigenvalue weighted by atomic mass is 16.5. The lowest BCUT2D eigenvalue weighted by Crippen LogP contribution is -2.20. The molecule has 0 atom stereocenters. The minimum absolute atomic E-state index is 0.426. The van der Waals surface area contributed by atoms with Crippen LogP contribution in [-0.2, 0) is 11.3 Å². The summed E-state index contributed by atoms with van der Waals surface area (Å²) in [5.74, 6) is 0. The van der Waals surface area contributed by atoms with E-state index in [9.17, 15) is 0 Å². The maximum absolute atomic E-state index is 8.64. The zero-order chi connectivity index (χ0) is 10.4. The van der Waals surface area contributed by atoms with E-state index in [-0.39, 0.29) is 0 Å². The molecule has 0 amide bonds. The Morgan fingerprint density at radius 2 is 1.93 bits per heavy atom. The fourth-order valence-electron chi connectivity index (χ4n) is 1.07. The second-order valence-corrected chi connectivity index (χ2v) is 3.69. The summed E-state index contributed by atoms with van der Waals surface area (Å²) in [6, 6.07) is 9.96. The molecule has 0 aliphatic rings. The summed E-state index contributed by atoms with van der Waals surface area (Å²) < 4.78 is 5.61. The number of hydrogen-bond acceptors (Lipinski definition) is 2. The van der Waals surface area contributed by atoms with Crippen LogP contribution in [0.25, 0.3) is 0 Å². The smallest absolute Gasteiger partial charge is 0.0843 e. The van der Waals surface area contributed by atoms with Gasteiger partial charge in [-0.2, -0.15) is 0 Å². The molecule has 0 spiro atoms. The van der Waals surface area contributed by atoms with Gasteiger partial charge in [0.2, 0.25) is 0 Å². The van der Waals surface area contributed by atoms with Crippen molar-refractivity contribution in [2.45, 2.75) is 26.1 Å². The molecular formula is C12H16O2. The van der Waals surface area contributed by atoms with Crippen molar-refractivity contribution in [3.05, 3.63) is 48.2 Å². The van der Waals surface area contributed by atoms with E-state index < -0.39 is 5.60 Å². The van der Waals surface area contributed by atoms with E-state index in [2.05, 4.69) is 0 Å². The van der Waals surface area contributed by atoms with Crippen LogP contribution in [0.1, 0.15) is 19.4 Å². The first-order chi connectivity index (χ1) is 6.64. The van der Waals surface area contributed by atoms with E-state index in [0.717, 1.165) is 11.8 Å². The van der Waals surface area contributed by atoms with Gasteiger partial charge in [-0.25, -0.2) is 0 Å². The summed E-state index contributed by atoms with van der Waals surface area (Å²) in [5.41, 5.74) is 0.705. The predicted molar refractivity (Wildman–Crippen MR) is 57.1 cm³/mol. The van der Waals surface area contributed by atoms with Crippen LogP contribution in [0, 0.1) is 0 Å². The number of ether oxygens (including phenoxy) is 1. The minimum Gasteiger partial charge on any atom is -0.516 e. The molecule has 2 heteroatoms. The van der Waals surface area contributed by atoms with Gasteiger partial charge in [0.1, 0.15) is 0 Å². The van der Waals surface area contributed by atoms with Crippen LogP contribution >= 0.6 is 0 Å². The van der Waals surface area contributed by atoms with Crippen LogP contribution in [0.3, 0.4) is 0 Å². The lowest BCUT2D eigenvalue weighted by Gasteiger charge is -2.20. The highest BCUT2D eigenvalue weighted by Gasteiger charge is 2.13. The molecule has 0 aliphatic heterocycles. The van der Waals surface area contributed by atoms with Crippen molar-refractivity contribution in [3.63, 3.8) is 0 Å². The van der Waals surface area contributed by atoms with Gasteiger partial charge in [-0.1, -0.05) is 30.3 Å². The van der Waals surface area contributed by atoms with Crippen LogP contribution in [0.2, 0.25) is 0 Å². The van der Waals surface area contributed by atoms with Gasteiger partial charge in [0, 0.05) is 0 Å². The number of aliphatic hydroxyl groups is 1. The molecule has 1 N–H and O–H groups in total. The molecule has 0 saturated heterocycles. The Labute approximate surface area is 84.8 Å².